The molecule has 0 amide bonds. The van der Waals surface area contributed by atoms with Gasteiger partial charge in [-0.15, -0.1) is 0 Å². The van der Waals surface area contributed by atoms with Crippen LogP contribution in [-0.2, 0) is 71.1 Å². The fraction of sp³-hybridized carbons (Fsp3) is 0.957. The number of hydrogen-bond donors (Lipinski definition) is 22. The van der Waals surface area contributed by atoms with Crippen molar-refractivity contribution in [2.45, 2.75) is 315 Å². The molecule has 43 unspecified atom stereocenters. The van der Waals surface area contributed by atoms with E-state index in [1.807, 2.05) is 34.6 Å². The molecule has 12 rings (SSSR count). The molecule has 7 heterocycles. The maximum Gasteiger partial charge on any atom is 0.317 e. The highest BCUT2D eigenvalue weighted by Gasteiger charge is 2.75. The number of fused-ring (bicyclic) bond motifs is 7. The molecule has 0 aromatic rings. The van der Waals surface area contributed by atoms with Crippen LogP contribution in [-0.4, -0.2) is 379 Å². The van der Waals surface area contributed by atoms with Crippen molar-refractivity contribution in [2.24, 2.45) is 50.2 Å². The Balaban J connectivity index is 0.778. The second kappa shape index (κ2) is 30.9. The largest absolute Gasteiger partial charge is 0.432 e. The predicted octanol–water partition coefficient (Wildman–Crippen LogP) is -8.70. The van der Waals surface area contributed by atoms with Gasteiger partial charge in [-0.3, -0.25) is 4.79 Å². The number of carbonyl (C=O) groups is 1. The summed E-state index contributed by atoms with van der Waals surface area (Å²) in [7, 11) is 0. The molecule has 12 aliphatic rings. The van der Waals surface area contributed by atoms with Crippen LogP contribution in [0, 0.1) is 50.2 Å². The first-order valence-corrected chi connectivity index (χ1v) is 36.7. The Labute approximate surface area is 610 Å². The minimum absolute atomic E-state index is 0.0484. The van der Waals surface area contributed by atoms with Crippen molar-refractivity contribution in [1.82, 2.24) is 0 Å². The van der Waals surface area contributed by atoms with Crippen LogP contribution in [0.25, 0.3) is 0 Å². The van der Waals surface area contributed by atoms with Crippen molar-refractivity contribution in [2.75, 3.05) is 46.2 Å². The molecule has 0 radical (unpaired) electrons. The standard InChI is InChI=1S/C69H112O37/c1-24-36(78)40(82)44(86)57(97-24)102-49-31(76)19-93-56(46(49)88)101-48-25(2)98-59(47(89)50(48)103-61-53(90)68(92,22-72)23-96-61)104-51-37(79)30(75)18-94-60(51)106-62(91)69-12-11-63(3,4)13-27(69)26-9-10-34-64(5)14-29(74)54(65(6,21-71)52(64)28(73)15-67(34,8)66(26,7)16-35(69)77)105-58-45(87)42(84)39(81)33(100-58)20-95-55-43(85)41(83)38(80)32(17-70)99-55/h9,24-25,27-61,70-90,92H,10-23H2,1-8H3. The van der Waals surface area contributed by atoms with E-state index >= 15 is 4.79 Å². The van der Waals surface area contributed by atoms with E-state index in [-0.39, 0.29) is 25.7 Å². The van der Waals surface area contributed by atoms with Crippen molar-refractivity contribution in [1.29, 1.82) is 0 Å². The highest BCUT2D eigenvalue weighted by Crippen LogP contribution is 2.76. The molecular formula is C69H112O37. The lowest BCUT2D eigenvalue weighted by Crippen LogP contribution is -2.73. The number of allylic oxidation sites excluding steroid dienone is 2. The first-order valence-electron chi connectivity index (χ1n) is 36.7. The molecule has 4 saturated carbocycles. The Kier molecular flexibility index (Phi) is 24.2. The van der Waals surface area contributed by atoms with Gasteiger partial charge in [-0.05, 0) is 92.3 Å². The van der Waals surface area contributed by atoms with Gasteiger partial charge in [0, 0.05) is 11.3 Å². The molecule has 610 valence electrons. The third-order valence-electron chi connectivity index (χ3n) is 26.6. The Bertz CT molecular complexity index is 3050. The van der Waals surface area contributed by atoms with E-state index in [1.54, 1.807) is 6.92 Å². The molecule has 5 aliphatic carbocycles. The second-order valence-corrected chi connectivity index (χ2v) is 33.8. The van der Waals surface area contributed by atoms with Crippen LogP contribution in [0.2, 0.25) is 0 Å². The van der Waals surface area contributed by atoms with Crippen LogP contribution in [0.15, 0.2) is 11.6 Å². The molecule has 106 heavy (non-hydrogen) atoms. The fourth-order valence-electron chi connectivity index (χ4n) is 20.4. The summed E-state index contributed by atoms with van der Waals surface area (Å²) in [4.78, 5) is 15.8. The quantitative estimate of drug-likeness (QED) is 0.0344. The Morgan fingerprint density at radius 3 is 1.72 bits per heavy atom. The molecule has 37 heteroatoms. The maximum atomic E-state index is 15.8. The van der Waals surface area contributed by atoms with Gasteiger partial charge in [0.15, 0.2) is 43.8 Å². The van der Waals surface area contributed by atoms with E-state index < -0.39 is 317 Å². The number of esters is 1. The molecule has 0 spiro atoms. The molecule has 37 nitrogen and oxygen atoms in total. The first kappa shape index (κ1) is 83.2. The molecule has 7 saturated heterocycles. The monoisotopic (exact) mass is 1530 g/mol. The summed E-state index contributed by atoms with van der Waals surface area (Å²) in [6, 6.07) is 0. The zero-order valence-electron chi connectivity index (χ0n) is 60.3. The van der Waals surface area contributed by atoms with Gasteiger partial charge < -0.3 is 179 Å². The third-order valence-corrected chi connectivity index (χ3v) is 26.6. The summed E-state index contributed by atoms with van der Waals surface area (Å²) < 4.78 is 83.3. The van der Waals surface area contributed by atoms with Crippen LogP contribution in [0.3, 0.4) is 0 Å². The number of aliphatic hydroxyl groups excluding tert-OH is 21. The molecule has 11 fully saturated rings. The zero-order chi connectivity index (χ0) is 77.5. The lowest BCUT2D eigenvalue weighted by atomic mass is 9.32. The maximum absolute atomic E-state index is 15.8. The van der Waals surface area contributed by atoms with E-state index in [0.717, 1.165) is 5.57 Å². The summed E-state index contributed by atoms with van der Waals surface area (Å²) in [5.74, 6) is -3.05. The van der Waals surface area contributed by atoms with Crippen LogP contribution >= 0.6 is 0 Å². The molecule has 43 atom stereocenters. The van der Waals surface area contributed by atoms with Crippen LogP contribution < -0.4 is 0 Å². The summed E-state index contributed by atoms with van der Waals surface area (Å²) in [5, 5.41) is 247. The van der Waals surface area contributed by atoms with Crippen molar-refractivity contribution in [3.8, 4) is 0 Å². The highest BCUT2D eigenvalue weighted by molar-refractivity contribution is 5.80. The Hall–Kier alpha value is -2.19. The topological polar surface area (TPSA) is 591 Å². The Morgan fingerprint density at radius 2 is 1.07 bits per heavy atom. The summed E-state index contributed by atoms with van der Waals surface area (Å²) in [6.45, 7) is 9.30. The predicted molar refractivity (Wildman–Crippen MR) is 345 cm³/mol. The van der Waals surface area contributed by atoms with E-state index in [4.69, 9.17) is 66.3 Å². The van der Waals surface area contributed by atoms with E-state index in [0.29, 0.717) is 19.3 Å². The number of aliphatic hydroxyl groups is 22. The second-order valence-electron chi connectivity index (χ2n) is 33.8. The van der Waals surface area contributed by atoms with Crippen LogP contribution in [0.5, 0.6) is 0 Å². The van der Waals surface area contributed by atoms with Crippen molar-refractivity contribution < 1.29 is 183 Å². The minimum Gasteiger partial charge on any atom is -0.432 e. The molecule has 7 aliphatic heterocycles. The van der Waals surface area contributed by atoms with Crippen molar-refractivity contribution in [3.63, 3.8) is 0 Å². The van der Waals surface area contributed by atoms with Crippen molar-refractivity contribution in [3.05, 3.63) is 11.6 Å². The summed E-state index contributed by atoms with van der Waals surface area (Å²) in [5.41, 5.74) is -8.28. The first-order chi connectivity index (χ1) is 49.6. The zero-order valence-corrected chi connectivity index (χ0v) is 60.3. The lowest BCUT2D eigenvalue weighted by Gasteiger charge is -2.73. The SMILES string of the molecule is CC1OC(OC2C(O)COC(OC3C(C)OC(OC4C(OC(=O)C56CCC(C)(C)CC5C5=CCC7C8(C)CC(O)C(OC9OC(COC%10OC(CO)C(O)C(O)C%10O)C(O)C(O)C9O)C(C)(CO)C8C(O)CC7(C)C5(C)CC6O)OCC(O)C4O)C(O)C3OC3OCC(O)(CO)C3O)C2O)C(O)C(O)C1O. The normalized spacial score (nSPS) is 56.1. The average molecular weight is 1530 g/mol. The van der Waals surface area contributed by atoms with Gasteiger partial charge in [0.2, 0.25) is 6.29 Å². The Morgan fingerprint density at radius 1 is 0.500 bits per heavy atom. The fourth-order valence-corrected chi connectivity index (χ4v) is 20.4. The van der Waals surface area contributed by atoms with Gasteiger partial charge in [-0.25, -0.2) is 0 Å². The van der Waals surface area contributed by atoms with Gasteiger partial charge in [0.25, 0.3) is 0 Å². The van der Waals surface area contributed by atoms with E-state index in [2.05, 4.69) is 6.08 Å². The number of ether oxygens (including phenoxy) is 14. The lowest BCUT2D eigenvalue weighted by molar-refractivity contribution is -0.387. The molecule has 0 bridgehead atoms. The summed E-state index contributed by atoms with van der Waals surface area (Å²) >= 11 is 0. The van der Waals surface area contributed by atoms with Gasteiger partial charge in [-0.2, -0.15) is 0 Å². The third kappa shape index (κ3) is 14.0. The molecule has 22 N–H and O–H groups in total. The molecule has 0 aromatic carbocycles. The van der Waals surface area contributed by atoms with Gasteiger partial charge >= 0.3 is 5.97 Å². The summed E-state index contributed by atoms with van der Waals surface area (Å²) in [6.07, 6.45) is -55.5. The van der Waals surface area contributed by atoms with E-state index in [9.17, 15) is 112 Å². The number of hydrogen-bond acceptors (Lipinski definition) is 37. The van der Waals surface area contributed by atoms with Crippen molar-refractivity contribution >= 4 is 5.97 Å². The van der Waals surface area contributed by atoms with Crippen LogP contribution in [0.1, 0.15) is 100 Å². The smallest absolute Gasteiger partial charge is 0.317 e. The highest BCUT2D eigenvalue weighted by atomic mass is 16.8. The van der Waals surface area contributed by atoms with Crippen LogP contribution in [0.4, 0.5) is 0 Å². The van der Waals surface area contributed by atoms with Gasteiger partial charge in [-0.1, -0.05) is 53.2 Å². The van der Waals surface area contributed by atoms with E-state index in [1.165, 1.54) is 13.8 Å². The van der Waals surface area contributed by atoms with Gasteiger partial charge in [0.05, 0.1) is 82.9 Å². The number of carbonyl (C=O) groups excluding carboxylic acids is 1. The average Bonchev–Trinajstić information content (AvgIpc) is 0.739. The molecular weight excluding hydrogens is 1420 g/mol. The van der Waals surface area contributed by atoms with Gasteiger partial charge in [0.1, 0.15) is 133 Å². The molecule has 0 aromatic heterocycles. The minimum atomic E-state index is -2.27. The number of rotatable bonds is 18.